The SMILES string of the molecule is Cn1c2ccncc2c2ccc(-c3ccc(O[C@H]4C[C@H](Oc5ccc(C#CCOCCOc6ccc7c(c6)CN(C6CCC(=O)NC6=O)C7=O)nc5)C4)nc3)cc21. The highest BCUT2D eigenvalue weighted by molar-refractivity contribution is 6.08. The van der Waals surface area contributed by atoms with Gasteiger partial charge in [0.2, 0.25) is 17.7 Å². The van der Waals surface area contributed by atoms with Crippen LogP contribution in [0.3, 0.4) is 0 Å². The van der Waals surface area contributed by atoms with Crippen LogP contribution in [0.4, 0.5) is 0 Å². The van der Waals surface area contributed by atoms with Gasteiger partial charge in [0.25, 0.3) is 5.91 Å². The summed E-state index contributed by atoms with van der Waals surface area (Å²) in [7, 11) is 2.08. The van der Waals surface area contributed by atoms with Crippen molar-refractivity contribution >= 4 is 39.5 Å². The standard InChI is InChI=1S/C44H38N6O7/c1-49-38-14-15-45-25-37(38)36-9-4-27(20-40(36)49)28-5-13-42(47-23-28)57-34-21-33(22-34)56-32-7-6-30(46-24-32)3-2-16-54-17-18-55-31-8-10-35-29(19-31)26-50(44(35)53)39-11-12-41(51)48-43(39)52/h4-10,13-15,19-20,23-25,33-34,39H,11-12,16-18,21-22,26H2,1H3,(H,48,51,52)/t33-,34-,39?. The molecule has 1 unspecified atom stereocenters. The summed E-state index contributed by atoms with van der Waals surface area (Å²) in [5.74, 6) is 6.88. The lowest BCUT2D eigenvalue weighted by Gasteiger charge is -2.34. The van der Waals surface area contributed by atoms with Crippen molar-refractivity contribution in [2.45, 2.75) is 50.5 Å². The van der Waals surface area contributed by atoms with Gasteiger partial charge in [-0.25, -0.2) is 9.97 Å². The molecule has 2 aromatic carbocycles. The summed E-state index contributed by atoms with van der Waals surface area (Å²) in [6, 6.07) is 20.7. The van der Waals surface area contributed by atoms with Crippen molar-refractivity contribution in [3.63, 3.8) is 0 Å². The van der Waals surface area contributed by atoms with Crippen molar-refractivity contribution in [3.05, 3.63) is 108 Å². The molecule has 286 valence electrons. The van der Waals surface area contributed by atoms with Crippen LogP contribution in [-0.4, -0.2) is 80.2 Å². The third kappa shape index (κ3) is 7.47. The number of aromatic nitrogens is 4. The highest BCUT2D eigenvalue weighted by Gasteiger charge is 2.39. The number of fused-ring (bicyclic) bond motifs is 4. The molecular formula is C44H38N6O7. The molecule has 4 aromatic heterocycles. The first kappa shape index (κ1) is 35.9. The number of aryl methyl sites for hydroxylation is 1. The van der Waals surface area contributed by atoms with Gasteiger partial charge < -0.3 is 28.4 Å². The highest BCUT2D eigenvalue weighted by Crippen LogP contribution is 2.34. The molecule has 57 heavy (non-hydrogen) atoms. The first-order valence-corrected chi connectivity index (χ1v) is 18.9. The van der Waals surface area contributed by atoms with Crippen molar-refractivity contribution in [1.29, 1.82) is 0 Å². The van der Waals surface area contributed by atoms with Gasteiger partial charge >= 0.3 is 0 Å². The molecule has 13 nitrogen and oxygen atoms in total. The van der Waals surface area contributed by atoms with E-state index in [4.69, 9.17) is 18.9 Å². The maximum Gasteiger partial charge on any atom is 0.255 e. The average molecular weight is 763 g/mol. The minimum absolute atomic E-state index is 0.0366. The van der Waals surface area contributed by atoms with E-state index in [1.54, 1.807) is 24.4 Å². The van der Waals surface area contributed by atoms with Crippen LogP contribution in [0.2, 0.25) is 0 Å². The summed E-state index contributed by atoms with van der Waals surface area (Å²) in [5.41, 5.74) is 6.36. The number of pyridine rings is 3. The number of piperidine rings is 1. The van der Waals surface area contributed by atoms with Crippen LogP contribution >= 0.6 is 0 Å². The van der Waals surface area contributed by atoms with Crippen LogP contribution in [0.1, 0.15) is 47.3 Å². The van der Waals surface area contributed by atoms with Crippen LogP contribution < -0.4 is 19.5 Å². The van der Waals surface area contributed by atoms with E-state index in [9.17, 15) is 14.4 Å². The number of benzene rings is 2. The number of amides is 3. The number of nitrogens with zero attached hydrogens (tertiary/aromatic N) is 5. The second kappa shape index (κ2) is 15.4. The van der Waals surface area contributed by atoms with Gasteiger partial charge in [-0.3, -0.25) is 24.7 Å². The van der Waals surface area contributed by atoms with Gasteiger partial charge in [0.1, 0.15) is 48.7 Å². The van der Waals surface area contributed by atoms with Crippen LogP contribution in [0, 0.1) is 11.8 Å². The van der Waals surface area contributed by atoms with E-state index in [2.05, 4.69) is 61.9 Å². The lowest BCUT2D eigenvalue weighted by atomic mass is 9.92. The van der Waals surface area contributed by atoms with E-state index in [1.165, 1.54) is 10.3 Å². The molecule has 1 saturated carbocycles. The molecule has 0 spiro atoms. The van der Waals surface area contributed by atoms with E-state index in [1.807, 2.05) is 48.9 Å². The summed E-state index contributed by atoms with van der Waals surface area (Å²) in [4.78, 5) is 51.5. The van der Waals surface area contributed by atoms with E-state index in [-0.39, 0.29) is 37.0 Å². The Morgan fingerprint density at radius 1 is 0.825 bits per heavy atom. The highest BCUT2D eigenvalue weighted by atomic mass is 16.5. The van der Waals surface area contributed by atoms with Gasteiger partial charge in [0.05, 0.1) is 18.3 Å². The quantitative estimate of drug-likeness (QED) is 0.104. The van der Waals surface area contributed by atoms with Crippen molar-refractivity contribution in [3.8, 4) is 40.3 Å². The number of ether oxygens (including phenoxy) is 4. The summed E-state index contributed by atoms with van der Waals surface area (Å²) >= 11 is 0. The molecule has 6 aromatic rings. The fourth-order valence-electron chi connectivity index (χ4n) is 7.56. The van der Waals surface area contributed by atoms with Crippen LogP contribution in [0.15, 0.2) is 91.5 Å². The van der Waals surface area contributed by atoms with Gasteiger partial charge in [-0.1, -0.05) is 18.1 Å². The molecule has 0 bridgehead atoms. The van der Waals surface area contributed by atoms with Gasteiger partial charge in [-0.15, -0.1) is 0 Å². The van der Waals surface area contributed by atoms with E-state index >= 15 is 0 Å². The number of nitrogens with one attached hydrogen (secondary N) is 1. The maximum absolute atomic E-state index is 12.9. The maximum atomic E-state index is 12.9. The van der Waals surface area contributed by atoms with E-state index in [0.717, 1.165) is 46.0 Å². The molecule has 6 heterocycles. The Bertz CT molecular complexity index is 2570. The van der Waals surface area contributed by atoms with Crippen molar-refractivity contribution in [1.82, 2.24) is 29.7 Å². The summed E-state index contributed by atoms with van der Waals surface area (Å²) in [5, 5.41) is 4.64. The smallest absolute Gasteiger partial charge is 0.255 e. The molecule has 1 atom stereocenters. The minimum atomic E-state index is -0.650. The number of carbonyl (C=O) groups is 3. The predicted octanol–water partition coefficient (Wildman–Crippen LogP) is 5.38. The Hall–Kier alpha value is -6.78. The normalized spacial score (nSPS) is 18.8. The van der Waals surface area contributed by atoms with Crippen LogP contribution in [0.5, 0.6) is 17.4 Å². The van der Waals surface area contributed by atoms with Gasteiger partial charge in [0.15, 0.2) is 0 Å². The zero-order chi connectivity index (χ0) is 38.9. The fourth-order valence-corrected chi connectivity index (χ4v) is 7.56. The van der Waals surface area contributed by atoms with Crippen molar-refractivity contribution in [2.24, 2.45) is 7.05 Å². The molecule has 1 N–H and O–H groups in total. The molecule has 1 saturated heterocycles. The second-order valence-corrected chi connectivity index (χ2v) is 14.3. The van der Waals surface area contributed by atoms with Gasteiger partial charge in [-0.2, -0.15) is 0 Å². The Balaban J connectivity index is 0.677. The third-order valence-corrected chi connectivity index (χ3v) is 10.6. The molecule has 3 aliphatic rings. The lowest BCUT2D eigenvalue weighted by molar-refractivity contribution is -0.136. The lowest BCUT2D eigenvalue weighted by Crippen LogP contribution is -2.52. The molecule has 2 aliphatic heterocycles. The molecule has 1 aliphatic carbocycles. The summed E-state index contributed by atoms with van der Waals surface area (Å²) in [6.07, 6.45) is 9.40. The van der Waals surface area contributed by atoms with E-state index in [0.29, 0.717) is 54.8 Å². The molecule has 0 radical (unpaired) electrons. The van der Waals surface area contributed by atoms with Crippen LogP contribution in [-0.2, 0) is 27.9 Å². The van der Waals surface area contributed by atoms with Crippen molar-refractivity contribution < 1.29 is 33.3 Å². The monoisotopic (exact) mass is 762 g/mol. The zero-order valence-electron chi connectivity index (χ0n) is 31.1. The Morgan fingerprint density at radius 3 is 2.51 bits per heavy atom. The molecule has 2 fully saturated rings. The summed E-state index contributed by atoms with van der Waals surface area (Å²) < 4.78 is 25.8. The van der Waals surface area contributed by atoms with Crippen LogP contribution in [0.25, 0.3) is 32.9 Å². The Kier molecular flexibility index (Phi) is 9.69. The predicted molar refractivity (Wildman–Crippen MR) is 209 cm³/mol. The first-order valence-electron chi connectivity index (χ1n) is 18.9. The third-order valence-electron chi connectivity index (χ3n) is 10.6. The number of imide groups is 1. The Morgan fingerprint density at radius 2 is 1.68 bits per heavy atom. The van der Waals surface area contributed by atoms with Gasteiger partial charge in [0, 0.05) is 84.9 Å². The fraction of sp³-hybridized carbons (Fsp3) is 0.273. The number of hydrogen-bond acceptors (Lipinski definition) is 10. The molecule has 13 heteroatoms. The van der Waals surface area contributed by atoms with E-state index < -0.39 is 11.9 Å². The summed E-state index contributed by atoms with van der Waals surface area (Å²) in [6.45, 7) is 1.12. The minimum Gasteiger partial charge on any atom is -0.491 e. The molecule has 3 amide bonds. The second-order valence-electron chi connectivity index (χ2n) is 14.3. The topological polar surface area (TPSA) is 147 Å². The van der Waals surface area contributed by atoms with Gasteiger partial charge in [-0.05, 0) is 72.0 Å². The number of hydrogen-bond donors (Lipinski definition) is 1. The first-order chi connectivity index (χ1) is 27.9. The zero-order valence-corrected chi connectivity index (χ0v) is 31.1. The largest absolute Gasteiger partial charge is 0.491 e. The average Bonchev–Trinajstić information content (AvgIpc) is 3.69. The number of carbonyl (C=O) groups excluding carboxylic acids is 3. The number of rotatable bonds is 11. The Labute approximate surface area is 327 Å². The molecular weight excluding hydrogens is 725 g/mol. The van der Waals surface area contributed by atoms with Crippen molar-refractivity contribution in [2.75, 3.05) is 19.8 Å². The molecule has 9 rings (SSSR count).